The van der Waals surface area contributed by atoms with Gasteiger partial charge in [-0.2, -0.15) is 0 Å². The van der Waals surface area contributed by atoms with Gasteiger partial charge in [0, 0.05) is 35.8 Å². The standard InChI is InChI=1S/C22H31NO3/c1-4-23-10-20(3)6-5-17(25)22-15(20)7-13(18(22)23)21-9-12(11(2)19(21)26)14(24)8-16(21)22/h12-13,15-19,25-26H,2,4-10H2,1,3H3/t12-,13?,15-,16-,17?,18?,19-,20+,21+,22?/m1/s1. The van der Waals surface area contributed by atoms with Crippen LogP contribution in [0.4, 0.5) is 0 Å². The molecule has 6 aliphatic rings. The van der Waals surface area contributed by atoms with Gasteiger partial charge in [0.05, 0.1) is 12.2 Å². The van der Waals surface area contributed by atoms with E-state index in [4.69, 9.17) is 0 Å². The van der Waals surface area contributed by atoms with Crippen LogP contribution in [0.25, 0.3) is 0 Å². The van der Waals surface area contributed by atoms with Gasteiger partial charge in [0.1, 0.15) is 5.78 Å². The summed E-state index contributed by atoms with van der Waals surface area (Å²) < 4.78 is 0. The van der Waals surface area contributed by atoms with Crippen LogP contribution in [0.2, 0.25) is 0 Å². The molecule has 1 saturated heterocycles. The normalized spacial score (nSPS) is 62.7. The third-order valence-electron chi connectivity index (χ3n) is 10.4. The predicted molar refractivity (Wildman–Crippen MR) is 97.2 cm³/mol. The topological polar surface area (TPSA) is 60.8 Å². The van der Waals surface area contributed by atoms with E-state index in [1.165, 1.54) is 0 Å². The third kappa shape index (κ3) is 1.33. The first-order valence-corrected chi connectivity index (χ1v) is 10.6. The van der Waals surface area contributed by atoms with Crippen molar-refractivity contribution in [3.8, 4) is 0 Å². The molecule has 2 spiro atoms. The Balaban J connectivity index is 1.62. The number of rotatable bonds is 1. The minimum atomic E-state index is -0.561. The average molecular weight is 357 g/mol. The van der Waals surface area contributed by atoms with Crippen molar-refractivity contribution in [2.24, 2.45) is 39.9 Å². The molecule has 4 nitrogen and oxygen atoms in total. The van der Waals surface area contributed by atoms with Gasteiger partial charge >= 0.3 is 0 Å². The Bertz CT molecular complexity index is 735. The van der Waals surface area contributed by atoms with E-state index < -0.39 is 6.10 Å². The molecule has 26 heavy (non-hydrogen) atoms. The van der Waals surface area contributed by atoms with Crippen LogP contribution in [-0.4, -0.2) is 52.2 Å². The van der Waals surface area contributed by atoms with Crippen LogP contribution >= 0.6 is 0 Å². The van der Waals surface area contributed by atoms with E-state index >= 15 is 0 Å². The first-order chi connectivity index (χ1) is 12.3. The summed E-state index contributed by atoms with van der Waals surface area (Å²) in [5.74, 6) is 1.16. The van der Waals surface area contributed by atoms with E-state index in [9.17, 15) is 15.0 Å². The Labute approximate surface area is 155 Å². The second-order valence-corrected chi connectivity index (χ2v) is 10.7. The summed E-state index contributed by atoms with van der Waals surface area (Å²) in [6.07, 6.45) is 3.50. The largest absolute Gasteiger partial charge is 0.392 e. The maximum Gasteiger partial charge on any atom is 0.140 e. The van der Waals surface area contributed by atoms with E-state index in [0.29, 0.717) is 24.3 Å². The van der Waals surface area contributed by atoms with Crippen LogP contribution in [0, 0.1) is 39.9 Å². The number of piperidine rings is 1. The molecule has 4 heteroatoms. The molecule has 1 aliphatic heterocycles. The highest BCUT2D eigenvalue weighted by Crippen LogP contribution is 2.83. The van der Waals surface area contributed by atoms with Gasteiger partial charge in [-0.15, -0.1) is 0 Å². The summed E-state index contributed by atoms with van der Waals surface area (Å²) in [6.45, 7) is 10.9. The number of fused-ring (bicyclic) bond motifs is 1. The van der Waals surface area contributed by atoms with Gasteiger partial charge in [0.2, 0.25) is 0 Å². The lowest BCUT2D eigenvalue weighted by atomic mass is 9.43. The molecule has 0 aromatic heterocycles. The van der Waals surface area contributed by atoms with Gasteiger partial charge in [-0.3, -0.25) is 9.69 Å². The molecule has 5 aliphatic carbocycles. The molecule has 0 amide bonds. The molecular weight excluding hydrogens is 326 g/mol. The fourth-order valence-electron chi connectivity index (χ4n) is 9.75. The van der Waals surface area contributed by atoms with Gasteiger partial charge in [-0.25, -0.2) is 0 Å². The second-order valence-electron chi connectivity index (χ2n) is 10.7. The summed E-state index contributed by atoms with van der Waals surface area (Å²) in [4.78, 5) is 15.6. The van der Waals surface area contributed by atoms with Crippen LogP contribution in [-0.2, 0) is 4.79 Å². The second kappa shape index (κ2) is 4.47. The fourth-order valence-corrected chi connectivity index (χ4v) is 9.75. The van der Waals surface area contributed by atoms with E-state index in [1.54, 1.807) is 0 Å². The minimum absolute atomic E-state index is 0.130. The molecule has 0 aromatic carbocycles. The molecule has 1 heterocycles. The molecule has 2 N–H and O–H groups in total. The first kappa shape index (κ1) is 16.3. The van der Waals surface area contributed by atoms with Crippen molar-refractivity contribution in [3.63, 3.8) is 0 Å². The van der Waals surface area contributed by atoms with Gasteiger partial charge in [0.25, 0.3) is 0 Å². The van der Waals surface area contributed by atoms with E-state index in [2.05, 4.69) is 25.3 Å². The van der Waals surface area contributed by atoms with Gasteiger partial charge in [-0.05, 0) is 61.0 Å². The highest BCUT2D eigenvalue weighted by atomic mass is 16.3. The van der Waals surface area contributed by atoms with E-state index in [-0.39, 0.29) is 40.0 Å². The zero-order valence-corrected chi connectivity index (χ0v) is 15.9. The van der Waals surface area contributed by atoms with Crippen molar-refractivity contribution in [1.29, 1.82) is 0 Å². The van der Waals surface area contributed by atoms with Crippen LogP contribution in [0.15, 0.2) is 12.2 Å². The fraction of sp³-hybridized carbons (Fsp3) is 0.864. The molecule has 6 rings (SSSR count). The van der Waals surface area contributed by atoms with E-state index in [1.807, 2.05) is 0 Å². The lowest BCUT2D eigenvalue weighted by molar-refractivity contribution is -0.211. The molecule has 6 fully saturated rings. The van der Waals surface area contributed by atoms with Crippen molar-refractivity contribution < 1.29 is 15.0 Å². The number of likely N-dealkylation sites (tertiary alicyclic amines) is 1. The quantitative estimate of drug-likeness (QED) is 0.705. The van der Waals surface area contributed by atoms with Crippen molar-refractivity contribution in [2.45, 2.75) is 64.2 Å². The zero-order chi connectivity index (χ0) is 18.2. The highest BCUT2D eigenvalue weighted by molar-refractivity contribution is 5.87. The number of ketones is 1. The number of hydrogen-bond donors (Lipinski definition) is 2. The lowest BCUT2D eigenvalue weighted by Crippen LogP contribution is -2.68. The Morgan fingerprint density at radius 3 is 2.81 bits per heavy atom. The maximum absolute atomic E-state index is 13.0. The summed E-state index contributed by atoms with van der Waals surface area (Å²) in [7, 11) is 0. The summed E-state index contributed by atoms with van der Waals surface area (Å²) in [5, 5.41) is 22.8. The van der Waals surface area contributed by atoms with Gasteiger partial charge in [-0.1, -0.05) is 20.4 Å². The Morgan fingerprint density at radius 2 is 2.08 bits per heavy atom. The van der Waals surface area contributed by atoms with Crippen LogP contribution in [0.1, 0.15) is 46.0 Å². The Kier molecular flexibility index (Phi) is 2.80. The smallest absolute Gasteiger partial charge is 0.140 e. The molecule has 7 bridgehead atoms. The molecule has 0 radical (unpaired) electrons. The lowest BCUT2D eigenvalue weighted by Gasteiger charge is -2.65. The Hall–Kier alpha value is -0.710. The van der Waals surface area contributed by atoms with Crippen molar-refractivity contribution in [1.82, 2.24) is 4.90 Å². The van der Waals surface area contributed by atoms with Crippen molar-refractivity contribution in [3.05, 3.63) is 12.2 Å². The predicted octanol–water partition coefficient (Wildman–Crippen LogP) is 2.00. The Morgan fingerprint density at radius 1 is 1.31 bits per heavy atom. The van der Waals surface area contributed by atoms with Crippen LogP contribution < -0.4 is 0 Å². The SMILES string of the molecule is C=C1[C@H]2C[C@@]3(C4C[C@H]5C6(C(O)CC[C@@]5(C)CN(CC)C46)[C@@H]3CC2=O)[C@@H]1O. The van der Waals surface area contributed by atoms with E-state index in [0.717, 1.165) is 44.3 Å². The number of carbonyl (C=O) groups excluding carboxylic acids is 1. The first-order valence-electron chi connectivity index (χ1n) is 10.6. The molecule has 5 saturated carbocycles. The number of Topliss-reactive ketones (excluding diaryl/α,β-unsaturated/α-hetero) is 1. The van der Waals surface area contributed by atoms with Crippen molar-refractivity contribution >= 4 is 5.78 Å². The van der Waals surface area contributed by atoms with Crippen LogP contribution in [0.3, 0.4) is 0 Å². The molecule has 142 valence electrons. The highest BCUT2D eigenvalue weighted by Gasteiger charge is 2.85. The van der Waals surface area contributed by atoms with Gasteiger partial charge in [0.15, 0.2) is 0 Å². The monoisotopic (exact) mass is 357 g/mol. The number of aliphatic hydroxyl groups excluding tert-OH is 2. The van der Waals surface area contributed by atoms with Crippen molar-refractivity contribution in [2.75, 3.05) is 13.1 Å². The molecular formula is C22H31NO3. The summed E-state index contributed by atoms with van der Waals surface area (Å²) in [6, 6.07) is 0.331. The summed E-state index contributed by atoms with van der Waals surface area (Å²) in [5.41, 5.74) is 0.598. The molecule has 0 aromatic rings. The molecule has 4 unspecified atom stereocenters. The van der Waals surface area contributed by atoms with Gasteiger partial charge < -0.3 is 10.2 Å². The number of aliphatic hydroxyl groups is 2. The number of carbonyl (C=O) groups is 1. The minimum Gasteiger partial charge on any atom is -0.392 e. The third-order valence-corrected chi connectivity index (χ3v) is 10.4. The maximum atomic E-state index is 13.0. The zero-order valence-electron chi connectivity index (χ0n) is 15.9. The molecule has 10 atom stereocenters. The van der Waals surface area contributed by atoms with Crippen LogP contribution in [0.5, 0.6) is 0 Å². The average Bonchev–Trinajstić information content (AvgIpc) is 3.14. The number of nitrogens with zero attached hydrogens (tertiary/aromatic N) is 1. The number of hydrogen-bond acceptors (Lipinski definition) is 4. The summed E-state index contributed by atoms with van der Waals surface area (Å²) >= 11 is 0.